The molecule has 0 spiro atoms. The first-order valence-corrected chi connectivity index (χ1v) is 9.33. The molecule has 1 N–H and O–H groups in total. The first kappa shape index (κ1) is 16.8. The van der Waals surface area contributed by atoms with Crippen molar-refractivity contribution in [2.24, 2.45) is 5.41 Å². The fraction of sp³-hybridized carbons (Fsp3) is 0.364. The molecular weight excluding hydrogens is 324 g/mol. The lowest BCUT2D eigenvalue weighted by atomic mass is 9.99. The lowest BCUT2D eigenvalue weighted by Crippen LogP contribution is -2.42. The second-order valence-electron chi connectivity index (χ2n) is 7.61. The van der Waals surface area contributed by atoms with Crippen LogP contribution in [0.5, 0.6) is 0 Å². The van der Waals surface area contributed by atoms with Crippen molar-refractivity contribution in [3.8, 4) is 0 Å². The Labute approximate surface area is 154 Å². The third kappa shape index (κ3) is 2.70. The molecule has 0 atom stereocenters. The molecule has 2 aromatic carbocycles. The van der Waals surface area contributed by atoms with Gasteiger partial charge in [-0.2, -0.15) is 0 Å². The van der Waals surface area contributed by atoms with Crippen LogP contribution in [0.2, 0.25) is 0 Å². The number of anilines is 2. The Balaban J connectivity index is 1.56. The van der Waals surface area contributed by atoms with E-state index in [9.17, 15) is 9.59 Å². The molecular formula is C22H24N2O2. The Morgan fingerprint density at radius 3 is 2.46 bits per heavy atom. The van der Waals surface area contributed by atoms with Crippen LogP contribution in [0.3, 0.4) is 0 Å². The molecule has 2 aliphatic rings. The summed E-state index contributed by atoms with van der Waals surface area (Å²) >= 11 is 0. The average molecular weight is 348 g/mol. The molecule has 4 rings (SSSR count). The van der Waals surface area contributed by atoms with Crippen LogP contribution in [0.4, 0.5) is 11.4 Å². The maximum absolute atomic E-state index is 13.2. The van der Waals surface area contributed by atoms with Gasteiger partial charge in [0.25, 0.3) is 0 Å². The van der Waals surface area contributed by atoms with E-state index in [1.807, 2.05) is 42.5 Å². The number of benzene rings is 2. The molecule has 0 radical (unpaired) electrons. The van der Waals surface area contributed by atoms with E-state index in [2.05, 4.69) is 25.2 Å². The van der Waals surface area contributed by atoms with Gasteiger partial charge in [-0.05, 0) is 48.4 Å². The van der Waals surface area contributed by atoms with Gasteiger partial charge in [-0.15, -0.1) is 0 Å². The third-order valence-corrected chi connectivity index (χ3v) is 5.56. The molecule has 0 unspecified atom stereocenters. The molecule has 2 amide bonds. The van der Waals surface area contributed by atoms with Gasteiger partial charge in [0, 0.05) is 17.9 Å². The van der Waals surface area contributed by atoms with Gasteiger partial charge in [0.1, 0.15) is 5.41 Å². The zero-order valence-corrected chi connectivity index (χ0v) is 15.3. The van der Waals surface area contributed by atoms with Crippen molar-refractivity contribution in [1.29, 1.82) is 0 Å². The quantitative estimate of drug-likeness (QED) is 0.845. The maximum Gasteiger partial charge on any atom is 0.242 e. The standard InChI is InChI=1S/C22H24N2O2/c1-15(2)17-8-4-5-9-18(17)23-20(25)22(12-13-22)21(26)24-14-11-16-7-3-6-10-19(16)24/h3-10,15H,11-14H2,1-2H3,(H,23,25). The minimum Gasteiger partial charge on any atom is -0.325 e. The number of carbonyl (C=O) groups excluding carboxylic acids is 2. The molecule has 4 nitrogen and oxygen atoms in total. The number of amides is 2. The molecule has 2 aromatic rings. The Kier molecular flexibility index (Phi) is 4.06. The van der Waals surface area contributed by atoms with Crippen LogP contribution >= 0.6 is 0 Å². The van der Waals surface area contributed by atoms with E-state index in [1.165, 1.54) is 5.56 Å². The van der Waals surface area contributed by atoms with Crippen LogP contribution in [0, 0.1) is 5.41 Å². The van der Waals surface area contributed by atoms with E-state index in [4.69, 9.17) is 0 Å². The Morgan fingerprint density at radius 2 is 1.73 bits per heavy atom. The summed E-state index contributed by atoms with van der Waals surface area (Å²) in [6, 6.07) is 15.8. The van der Waals surface area contributed by atoms with Crippen molar-refractivity contribution in [3.63, 3.8) is 0 Å². The number of rotatable bonds is 4. The van der Waals surface area contributed by atoms with E-state index < -0.39 is 5.41 Å². The molecule has 26 heavy (non-hydrogen) atoms. The van der Waals surface area contributed by atoms with Gasteiger partial charge in [-0.1, -0.05) is 50.2 Å². The summed E-state index contributed by atoms with van der Waals surface area (Å²) in [6.45, 7) is 4.87. The first-order chi connectivity index (χ1) is 12.5. The van der Waals surface area contributed by atoms with Crippen molar-refractivity contribution in [1.82, 2.24) is 0 Å². The van der Waals surface area contributed by atoms with E-state index in [0.717, 1.165) is 23.4 Å². The summed E-state index contributed by atoms with van der Waals surface area (Å²) in [5.74, 6) is 0.0878. The van der Waals surface area contributed by atoms with Gasteiger partial charge >= 0.3 is 0 Å². The topological polar surface area (TPSA) is 49.4 Å². The molecule has 0 aromatic heterocycles. The molecule has 1 saturated carbocycles. The average Bonchev–Trinajstić information content (AvgIpc) is 3.35. The highest BCUT2D eigenvalue weighted by molar-refractivity contribution is 6.18. The summed E-state index contributed by atoms with van der Waals surface area (Å²) in [5, 5.41) is 3.04. The largest absolute Gasteiger partial charge is 0.325 e. The van der Waals surface area contributed by atoms with E-state index >= 15 is 0 Å². The van der Waals surface area contributed by atoms with Crippen molar-refractivity contribution in [3.05, 3.63) is 59.7 Å². The zero-order chi connectivity index (χ0) is 18.3. The minimum atomic E-state index is -0.901. The van der Waals surface area contributed by atoms with Crippen LogP contribution in [-0.4, -0.2) is 18.4 Å². The first-order valence-electron chi connectivity index (χ1n) is 9.33. The van der Waals surface area contributed by atoms with Crippen LogP contribution in [0.25, 0.3) is 0 Å². The number of nitrogens with zero attached hydrogens (tertiary/aromatic N) is 1. The van der Waals surface area contributed by atoms with Gasteiger partial charge in [0.2, 0.25) is 11.8 Å². The van der Waals surface area contributed by atoms with Gasteiger partial charge in [-0.3, -0.25) is 9.59 Å². The SMILES string of the molecule is CC(C)c1ccccc1NC(=O)C1(C(=O)N2CCc3ccccc32)CC1. The number of nitrogens with one attached hydrogen (secondary N) is 1. The Hall–Kier alpha value is -2.62. The molecule has 134 valence electrons. The second-order valence-corrected chi connectivity index (χ2v) is 7.61. The summed E-state index contributed by atoms with van der Waals surface area (Å²) in [7, 11) is 0. The van der Waals surface area contributed by atoms with Gasteiger partial charge in [0.15, 0.2) is 0 Å². The van der Waals surface area contributed by atoms with Crippen molar-refractivity contribution in [2.45, 2.75) is 39.0 Å². The highest BCUT2D eigenvalue weighted by atomic mass is 16.2. The number of hydrogen-bond donors (Lipinski definition) is 1. The molecule has 1 aliphatic carbocycles. The van der Waals surface area contributed by atoms with Crippen molar-refractivity contribution < 1.29 is 9.59 Å². The summed E-state index contributed by atoms with van der Waals surface area (Å²) < 4.78 is 0. The molecule has 1 heterocycles. The number of fused-ring (bicyclic) bond motifs is 1. The molecule has 4 heteroatoms. The molecule has 0 saturated heterocycles. The molecule has 1 fully saturated rings. The van der Waals surface area contributed by atoms with Gasteiger partial charge in [-0.25, -0.2) is 0 Å². The van der Waals surface area contributed by atoms with Crippen LogP contribution in [0.15, 0.2) is 48.5 Å². The smallest absolute Gasteiger partial charge is 0.242 e. The zero-order valence-electron chi connectivity index (χ0n) is 15.3. The monoisotopic (exact) mass is 348 g/mol. The molecule has 1 aliphatic heterocycles. The highest BCUT2D eigenvalue weighted by Gasteiger charge is 2.58. The third-order valence-electron chi connectivity index (χ3n) is 5.56. The predicted molar refractivity (Wildman–Crippen MR) is 103 cm³/mol. The van der Waals surface area contributed by atoms with E-state index in [1.54, 1.807) is 4.90 Å². The predicted octanol–water partition coefficient (Wildman–Crippen LogP) is 4.12. The maximum atomic E-state index is 13.2. The van der Waals surface area contributed by atoms with E-state index in [0.29, 0.717) is 25.3 Å². The summed E-state index contributed by atoms with van der Waals surface area (Å²) in [6.07, 6.45) is 2.11. The van der Waals surface area contributed by atoms with Crippen LogP contribution in [-0.2, 0) is 16.0 Å². The lowest BCUT2D eigenvalue weighted by Gasteiger charge is -2.24. The van der Waals surface area contributed by atoms with Crippen LogP contribution < -0.4 is 10.2 Å². The van der Waals surface area contributed by atoms with Gasteiger partial charge < -0.3 is 10.2 Å². The second kappa shape index (κ2) is 6.27. The van der Waals surface area contributed by atoms with Crippen molar-refractivity contribution >= 4 is 23.2 Å². The number of hydrogen-bond acceptors (Lipinski definition) is 2. The summed E-state index contributed by atoms with van der Waals surface area (Å²) in [5.41, 5.74) is 3.15. The molecule has 0 bridgehead atoms. The normalized spacial score (nSPS) is 17.1. The Bertz CT molecular complexity index is 868. The number of carbonyl (C=O) groups is 2. The Morgan fingerprint density at radius 1 is 1.04 bits per heavy atom. The fourth-order valence-corrected chi connectivity index (χ4v) is 3.83. The highest BCUT2D eigenvalue weighted by Crippen LogP contribution is 2.50. The fourth-order valence-electron chi connectivity index (χ4n) is 3.83. The minimum absolute atomic E-state index is 0.0537. The lowest BCUT2D eigenvalue weighted by molar-refractivity contribution is -0.132. The number of para-hydroxylation sites is 2. The van der Waals surface area contributed by atoms with Crippen LogP contribution in [0.1, 0.15) is 43.7 Å². The summed E-state index contributed by atoms with van der Waals surface area (Å²) in [4.78, 5) is 28.0. The van der Waals surface area contributed by atoms with Gasteiger partial charge in [0.05, 0.1) is 0 Å². The van der Waals surface area contributed by atoms with E-state index in [-0.39, 0.29) is 11.8 Å². The van der Waals surface area contributed by atoms with Crippen molar-refractivity contribution in [2.75, 3.05) is 16.8 Å².